The van der Waals surface area contributed by atoms with Crippen LogP contribution in [-0.2, 0) is 0 Å². The zero-order valence-corrected chi connectivity index (χ0v) is 16.0. The van der Waals surface area contributed by atoms with Crippen LogP contribution in [0, 0.1) is 0 Å². The molecule has 0 amide bonds. The number of hydrogen-bond acceptors (Lipinski definition) is 2. The normalized spacial score (nSPS) is 11.3. The smallest absolute Gasteiger partial charge is 0.0630 e. The molecular formula is C25H26N2. The Morgan fingerprint density at radius 1 is 0.667 bits per heavy atom. The molecule has 2 heteroatoms. The van der Waals surface area contributed by atoms with Gasteiger partial charge >= 0.3 is 0 Å². The fourth-order valence-corrected chi connectivity index (χ4v) is 2.94. The summed E-state index contributed by atoms with van der Waals surface area (Å²) in [6, 6.07) is 27.1. The quantitative estimate of drug-likeness (QED) is 0.351. The van der Waals surface area contributed by atoms with E-state index in [2.05, 4.69) is 72.3 Å². The second-order valence-electron chi connectivity index (χ2n) is 6.36. The van der Waals surface area contributed by atoms with Crippen LogP contribution in [0.25, 0.3) is 12.2 Å². The van der Waals surface area contributed by atoms with Crippen LogP contribution >= 0.6 is 0 Å². The van der Waals surface area contributed by atoms with E-state index in [1.165, 1.54) is 16.8 Å². The molecule has 0 saturated heterocycles. The van der Waals surface area contributed by atoms with Crippen LogP contribution in [0.1, 0.15) is 30.5 Å². The first-order valence-electron chi connectivity index (χ1n) is 9.50. The van der Waals surface area contributed by atoms with E-state index >= 15 is 0 Å². The summed E-state index contributed by atoms with van der Waals surface area (Å²) in [6.45, 7) is 6.44. The Morgan fingerprint density at radius 2 is 1.22 bits per heavy atom. The highest BCUT2D eigenvalue weighted by Crippen LogP contribution is 2.18. The van der Waals surface area contributed by atoms with E-state index in [1.807, 2.05) is 48.7 Å². The van der Waals surface area contributed by atoms with Crippen molar-refractivity contribution in [3.63, 3.8) is 0 Å². The maximum Gasteiger partial charge on any atom is 0.0630 e. The van der Waals surface area contributed by atoms with Crippen molar-refractivity contribution in [2.75, 3.05) is 18.0 Å². The zero-order chi connectivity index (χ0) is 18.9. The lowest BCUT2D eigenvalue weighted by Gasteiger charge is -2.20. The predicted octanol–water partition coefficient (Wildman–Crippen LogP) is 6.45. The van der Waals surface area contributed by atoms with Crippen molar-refractivity contribution in [3.8, 4) is 0 Å². The molecule has 0 spiro atoms. The summed E-state index contributed by atoms with van der Waals surface area (Å²) >= 11 is 0. The number of aliphatic imine (C=N–C) groups is 1. The van der Waals surface area contributed by atoms with Crippen molar-refractivity contribution in [2.24, 2.45) is 4.99 Å². The number of hydrogen-bond donors (Lipinski definition) is 0. The summed E-state index contributed by atoms with van der Waals surface area (Å²) in [5.74, 6) is 0. The first kappa shape index (κ1) is 18.7. The first-order chi connectivity index (χ1) is 13.3. The SMILES string of the molecule is CCN(CC)c1ccc(/C=C/c2ccc(N=Cc3ccccc3)cc2)cc1. The Labute approximate surface area is 162 Å². The van der Waals surface area contributed by atoms with E-state index in [0.29, 0.717) is 0 Å². The lowest BCUT2D eigenvalue weighted by atomic mass is 10.1. The van der Waals surface area contributed by atoms with Gasteiger partial charge in [-0.3, -0.25) is 4.99 Å². The molecule has 3 aromatic rings. The highest BCUT2D eigenvalue weighted by molar-refractivity contribution is 5.82. The minimum atomic E-state index is 0.958. The van der Waals surface area contributed by atoms with Crippen LogP contribution < -0.4 is 4.90 Å². The molecule has 3 aromatic carbocycles. The van der Waals surface area contributed by atoms with E-state index in [9.17, 15) is 0 Å². The minimum absolute atomic E-state index is 0.958. The van der Waals surface area contributed by atoms with E-state index in [0.717, 1.165) is 24.3 Å². The summed E-state index contributed by atoms with van der Waals surface area (Å²) in [4.78, 5) is 6.87. The van der Waals surface area contributed by atoms with Crippen molar-refractivity contribution < 1.29 is 0 Å². The average molecular weight is 354 g/mol. The molecule has 0 aromatic heterocycles. The zero-order valence-electron chi connectivity index (χ0n) is 16.0. The van der Waals surface area contributed by atoms with Gasteiger partial charge in [0.15, 0.2) is 0 Å². The molecule has 0 aliphatic rings. The molecule has 136 valence electrons. The minimum Gasteiger partial charge on any atom is -0.372 e. The predicted molar refractivity (Wildman–Crippen MR) is 119 cm³/mol. The molecule has 0 radical (unpaired) electrons. The molecule has 27 heavy (non-hydrogen) atoms. The number of benzene rings is 3. The molecule has 0 aliphatic heterocycles. The standard InChI is InChI=1S/C25H26N2/c1-3-27(4-2)25-18-14-22(15-19-25)11-10-21-12-16-24(17-13-21)26-20-23-8-6-5-7-9-23/h5-20H,3-4H2,1-2H3/b11-10+,26-20?. The van der Waals surface area contributed by atoms with Gasteiger partial charge in [0.05, 0.1) is 5.69 Å². The molecule has 0 aliphatic carbocycles. The van der Waals surface area contributed by atoms with Gasteiger partial charge in [-0.2, -0.15) is 0 Å². The van der Waals surface area contributed by atoms with Gasteiger partial charge < -0.3 is 4.90 Å². The molecular weight excluding hydrogens is 328 g/mol. The second-order valence-corrected chi connectivity index (χ2v) is 6.36. The van der Waals surface area contributed by atoms with E-state index in [-0.39, 0.29) is 0 Å². The van der Waals surface area contributed by atoms with Crippen molar-refractivity contribution in [1.82, 2.24) is 0 Å². The maximum atomic E-state index is 4.52. The number of anilines is 1. The van der Waals surface area contributed by atoms with Crippen LogP contribution in [0.5, 0.6) is 0 Å². The molecule has 0 unspecified atom stereocenters. The number of nitrogens with zero attached hydrogens (tertiary/aromatic N) is 2. The third-order valence-corrected chi connectivity index (χ3v) is 4.55. The van der Waals surface area contributed by atoms with Crippen LogP contribution in [0.2, 0.25) is 0 Å². The first-order valence-corrected chi connectivity index (χ1v) is 9.50. The van der Waals surface area contributed by atoms with Gasteiger partial charge in [0.25, 0.3) is 0 Å². The summed E-state index contributed by atoms with van der Waals surface area (Å²) in [5.41, 5.74) is 5.71. The molecule has 0 bridgehead atoms. The van der Waals surface area contributed by atoms with Crippen LogP contribution in [0.3, 0.4) is 0 Å². The van der Waals surface area contributed by atoms with Gasteiger partial charge in [-0.25, -0.2) is 0 Å². The van der Waals surface area contributed by atoms with Crippen molar-refractivity contribution >= 4 is 29.7 Å². The van der Waals surface area contributed by atoms with Crippen LogP contribution in [-0.4, -0.2) is 19.3 Å². The monoisotopic (exact) mass is 354 g/mol. The molecule has 0 heterocycles. The van der Waals surface area contributed by atoms with Gasteiger partial charge in [-0.05, 0) is 54.8 Å². The third kappa shape index (κ3) is 5.42. The van der Waals surface area contributed by atoms with Gasteiger partial charge in [-0.15, -0.1) is 0 Å². The summed E-state index contributed by atoms with van der Waals surface area (Å²) in [5, 5.41) is 0. The van der Waals surface area contributed by atoms with Crippen molar-refractivity contribution in [1.29, 1.82) is 0 Å². The van der Waals surface area contributed by atoms with Crippen molar-refractivity contribution in [2.45, 2.75) is 13.8 Å². The molecule has 0 atom stereocenters. The highest BCUT2D eigenvalue weighted by Gasteiger charge is 2.00. The maximum absolute atomic E-state index is 4.52. The topological polar surface area (TPSA) is 15.6 Å². The van der Waals surface area contributed by atoms with Gasteiger partial charge in [0.2, 0.25) is 0 Å². The van der Waals surface area contributed by atoms with Gasteiger partial charge in [0.1, 0.15) is 0 Å². The summed E-state index contributed by atoms with van der Waals surface area (Å²) in [7, 11) is 0. The Kier molecular flexibility index (Phi) is 6.59. The summed E-state index contributed by atoms with van der Waals surface area (Å²) in [6.07, 6.45) is 6.17. The van der Waals surface area contributed by atoms with E-state index in [1.54, 1.807) is 0 Å². The molecule has 3 rings (SSSR count). The Morgan fingerprint density at radius 3 is 1.78 bits per heavy atom. The van der Waals surface area contributed by atoms with Gasteiger partial charge in [-0.1, -0.05) is 66.7 Å². The lowest BCUT2D eigenvalue weighted by molar-refractivity contribution is 0.866. The van der Waals surface area contributed by atoms with E-state index in [4.69, 9.17) is 0 Å². The van der Waals surface area contributed by atoms with Crippen molar-refractivity contribution in [3.05, 3.63) is 95.6 Å². The number of rotatable bonds is 7. The Hall–Kier alpha value is -3.13. The second kappa shape index (κ2) is 9.54. The Balaban J connectivity index is 1.63. The summed E-state index contributed by atoms with van der Waals surface area (Å²) < 4.78 is 0. The average Bonchev–Trinajstić information content (AvgIpc) is 2.74. The fraction of sp³-hybridized carbons (Fsp3) is 0.160. The Bertz CT molecular complexity index is 872. The lowest BCUT2D eigenvalue weighted by Crippen LogP contribution is -2.21. The largest absolute Gasteiger partial charge is 0.372 e. The van der Waals surface area contributed by atoms with E-state index < -0.39 is 0 Å². The molecule has 0 N–H and O–H groups in total. The van der Waals surface area contributed by atoms with Gasteiger partial charge in [0, 0.05) is 25.0 Å². The van der Waals surface area contributed by atoms with Crippen LogP contribution in [0.15, 0.2) is 83.9 Å². The van der Waals surface area contributed by atoms with Crippen LogP contribution in [0.4, 0.5) is 11.4 Å². The highest BCUT2D eigenvalue weighted by atomic mass is 15.1. The molecule has 0 fully saturated rings. The molecule has 0 saturated carbocycles. The fourth-order valence-electron chi connectivity index (χ4n) is 2.94. The third-order valence-electron chi connectivity index (χ3n) is 4.55. The molecule has 2 nitrogen and oxygen atoms in total.